The minimum Gasteiger partial charge on any atom is -0.493 e. The quantitative estimate of drug-likeness (QED) is 0.762. The van der Waals surface area contributed by atoms with Crippen LogP contribution in [0, 0.1) is 0 Å². The maximum Gasteiger partial charge on any atom is 0.160 e. The largest absolute Gasteiger partial charge is 0.493 e. The molecule has 0 saturated heterocycles. The lowest BCUT2D eigenvalue weighted by atomic mass is 10.1. The molecule has 1 aromatic heterocycles. The molecular formula is C10H17N3O2. The zero-order valence-corrected chi connectivity index (χ0v) is 9.27. The van der Waals surface area contributed by atoms with E-state index in [9.17, 15) is 0 Å². The van der Waals surface area contributed by atoms with Gasteiger partial charge in [0, 0.05) is 5.92 Å². The molecule has 84 valence electrons. The lowest BCUT2D eigenvalue weighted by Gasteiger charge is -2.14. The van der Waals surface area contributed by atoms with Crippen molar-refractivity contribution in [2.24, 2.45) is 5.73 Å². The summed E-state index contributed by atoms with van der Waals surface area (Å²) in [5.41, 5.74) is 6.27. The van der Waals surface area contributed by atoms with Crippen molar-refractivity contribution in [2.45, 2.75) is 25.8 Å². The Morgan fingerprint density at radius 1 is 1.53 bits per heavy atom. The second kappa shape index (κ2) is 5.04. The number of hydrogen-bond donors (Lipinski definition) is 2. The number of nitrogens with zero attached hydrogens (tertiary/aromatic N) is 2. The van der Waals surface area contributed by atoms with Crippen LogP contribution in [0.1, 0.15) is 37.3 Å². The van der Waals surface area contributed by atoms with Gasteiger partial charge >= 0.3 is 0 Å². The van der Waals surface area contributed by atoms with Gasteiger partial charge < -0.3 is 15.6 Å². The summed E-state index contributed by atoms with van der Waals surface area (Å²) < 4.78 is 5.09. The summed E-state index contributed by atoms with van der Waals surface area (Å²) in [6.45, 7) is 3.83. The van der Waals surface area contributed by atoms with Gasteiger partial charge in [-0.15, -0.1) is 0 Å². The van der Waals surface area contributed by atoms with Crippen molar-refractivity contribution in [1.82, 2.24) is 9.97 Å². The predicted octanol–water partition coefficient (Wildman–Crippen LogP) is 0.601. The van der Waals surface area contributed by atoms with Crippen LogP contribution in [-0.2, 0) is 0 Å². The Bertz CT molecular complexity index is 328. The second-order valence-electron chi connectivity index (χ2n) is 3.63. The van der Waals surface area contributed by atoms with Crippen LogP contribution < -0.4 is 10.5 Å². The average molecular weight is 211 g/mol. The Balaban J connectivity index is 3.13. The van der Waals surface area contributed by atoms with Crippen molar-refractivity contribution in [1.29, 1.82) is 0 Å². The van der Waals surface area contributed by atoms with E-state index in [-0.39, 0.29) is 12.5 Å². The van der Waals surface area contributed by atoms with Gasteiger partial charge in [-0.3, -0.25) is 0 Å². The van der Waals surface area contributed by atoms with Crippen molar-refractivity contribution in [2.75, 3.05) is 13.7 Å². The fourth-order valence-corrected chi connectivity index (χ4v) is 1.19. The van der Waals surface area contributed by atoms with Crippen LogP contribution >= 0.6 is 0 Å². The van der Waals surface area contributed by atoms with Gasteiger partial charge in [-0.25, -0.2) is 9.97 Å². The third kappa shape index (κ3) is 2.64. The number of methoxy groups -OCH3 is 1. The predicted molar refractivity (Wildman–Crippen MR) is 56.7 cm³/mol. The van der Waals surface area contributed by atoms with Crippen molar-refractivity contribution in [3.63, 3.8) is 0 Å². The standard InChI is InChI=1S/C10H17N3O2/c1-6(2)10-12-4-8(15-3)9(13-10)7(11)5-14/h4,6-7,14H,5,11H2,1-3H3. The van der Waals surface area contributed by atoms with E-state index in [2.05, 4.69) is 9.97 Å². The van der Waals surface area contributed by atoms with Crippen molar-refractivity contribution in [3.8, 4) is 5.75 Å². The van der Waals surface area contributed by atoms with Gasteiger partial charge in [0.2, 0.25) is 0 Å². The highest BCUT2D eigenvalue weighted by Crippen LogP contribution is 2.22. The molecule has 1 atom stereocenters. The molecule has 0 amide bonds. The van der Waals surface area contributed by atoms with E-state index in [0.717, 1.165) is 0 Å². The van der Waals surface area contributed by atoms with E-state index in [1.165, 1.54) is 7.11 Å². The molecular weight excluding hydrogens is 194 g/mol. The Kier molecular flexibility index (Phi) is 3.99. The molecule has 0 aliphatic rings. The average Bonchev–Trinajstić information content (AvgIpc) is 2.27. The van der Waals surface area contributed by atoms with E-state index in [1.807, 2.05) is 13.8 Å². The Hall–Kier alpha value is -1.20. The summed E-state index contributed by atoms with van der Waals surface area (Å²) in [5, 5.41) is 9.00. The van der Waals surface area contributed by atoms with Crippen molar-refractivity contribution < 1.29 is 9.84 Å². The first-order valence-electron chi connectivity index (χ1n) is 4.87. The minimum absolute atomic E-state index is 0.162. The van der Waals surface area contributed by atoms with Crippen LogP contribution in [-0.4, -0.2) is 28.8 Å². The molecule has 0 spiro atoms. The summed E-state index contributed by atoms with van der Waals surface area (Å²) in [4.78, 5) is 8.45. The van der Waals surface area contributed by atoms with E-state index in [4.69, 9.17) is 15.6 Å². The second-order valence-corrected chi connectivity index (χ2v) is 3.63. The van der Waals surface area contributed by atoms with Crippen molar-refractivity contribution in [3.05, 3.63) is 17.7 Å². The normalized spacial score (nSPS) is 12.9. The van der Waals surface area contributed by atoms with Crippen molar-refractivity contribution >= 4 is 0 Å². The number of aliphatic hydroxyl groups excluding tert-OH is 1. The number of aliphatic hydroxyl groups is 1. The first-order valence-corrected chi connectivity index (χ1v) is 4.87. The third-order valence-electron chi connectivity index (χ3n) is 2.09. The van der Waals surface area contributed by atoms with Gasteiger partial charge in [0.25, 0.3) is 0 Å². The maximum absolute atomic E-state index is 9.00. The van der Waals surface area contributed by atoms with Gasteiger partial charge in [-0.2, -0.15) is 0 Å². The molecule has 5 heteroatoms. The molecule has 15 heavy (non-hydrogen) atoms. The molecule has 0 fully saturated rings. The highest BCUT2D eigenvalue weighted by molar-refractivity contribution is 5.28. The van der Waals surface area contributed by atoms with Crippen LogP contribution in [0.3, 0.4) is 0 Å². The zero-order valence-electron chi connectivity index (χ0n) is 9.27. The van der Waals surface area contributed by atoms with Crippen LogP contribution in [0.25, 0.3) is 0 Å². The number of hydrogen-bond acceptors (Lipinski definition) is 5. The molecule has 1 aromatic rings. The fourth-order valence-electron chi connectivity index (χ4n) is 1.19. The number of nitrogens with two attached hydrogens (primary N) is 1. The topological polar surface area (TPSA) is 81.3 Å². The third-order valence-corrected chi connectivity index (χ3v) is 2.09. The molecule has 0 aliphatic carbocycles. The van der Waals surface area contributed by atoms with E-state index in [1.54, 1.807) is 6.20 Å². The van der Waals surface area contributed by atoms with Crippen LogP contribution in [0.15, 0.2) is 6.20 Å². The first kappa shape index (κ1) is 11.9. The van der Waals surface area contributed by atoms with Gasteiger partial charge in [-0.1, -0.05) is 13.8 Å². The summed E-state index contributed by atoms with van der Waals surface area (Å²) in [6, 6.07) is -0.527. The molecule has 5 nitrogen and oxygen atoms in total. The summed E-state index contributed by atoms with van der Waals surface area (Å²) in [6.07, 6.45) is 1.59. The Morgan fingerprint density at radius 2 is 2.20 bits per heavy atom. The molecule has 1 rings (SSSR count). The van der Waals surface area contributed by atoms with Crippen LogP contribution in [0.2, 0.25) is 0 Å². The van der Waals surface area contributed by atoms with Crippen LogP contribution in [0.4, 0.5) is 0 Å². The number of rotatable bonds is 4. The van der Waals surface area contributed by atoms with Gasteiger partial charge in [0.1, 0.15) is 11.5 Å². The summed E-state index contributed by atoms with van der Waals surface area (Å²) in [7, 11) is 1.53. The molecule has 0 saturated carbocycles. The number of ether oxygens (including phenoxy) is 1. The van der Waals surface area contributed by atoms with Crippen LogP contribution in [0.5, 0.6) is 5.75 Å². The highest BCUT2D eigenvalue weighted by Gasteiger charge is 2.15. The molecule has 1 unspecified atom stereocenters. The first-order chi connectivity index (χ1) is 7.10. The zero-order chi connectivity index (χ0) is 11.4. The molecule has 0 aromatic carbocycles. The molecule has 0 aliphatic heterocycles. The van der Waals surface area contributed by atoms with Gasteiger partial charge in [-0.05, 0) is 0 Å². The summed E-state index contributed by atoms with van der Waals surface area (Å²) >= 11 is 0. The monoisotopic (exact) mass is 211 g/mol. The van der Waals surface area contributed by atoms with E-state index in [0.29, 0.717) is 17.3 Å². The SMILES string of the molecule is COc1cnc(C(C)C)nc1C(N)CO. The lowest BCUT2D eigenvalue weighted by molar-refractivity contribution is 0.261. The Labute approximate surface area is 89.3 Å². The summed E-state index contributed by atoms with van der Waals surface area (Å²) in [5.74, 6) is 1.44. The van der Waals surface area contributed by atoms with E-state index < -0.39 is 6.04 Å². The molecule has 0 radical (unpaired) electrons. The maximum atomic E-state index is 9.00. The lowest BCUT2D eigenvalue weighted by Crippen LogP contribution is -2.18. The minimum atomic E-state index is -0.527. The molecule has 3 N–H and O–H groups in total. The molecule has 1 heterocycles. The van der Waals surface area contributed by atoms with E-state index >= 15 is 0 Å². The van der Waals surface area contributed by atoms with Gasteiger partial charge in [0.15, 0.2) is 5.75 Å². The smallest absolute Gasteiger partial charge is 0.160 e. The fraction of sp³-hybridized carbons (Fsp3) is 0.600. The highest BCUT2D eigenvalue weighted by atomic mass is 16.5. The number of aromatic nitrogens is 2. The Morgan fingerprint density at radius 3 is 2.67 bits per heavy atom. The van der Waals surface area contributed by atoms with Gasteiger partial charge in [0.05, 0.1) is 26.0 Å². The molecule has 0 bridgehead atoms.